The van der Waals surface area contributed by atoms with Gasteiger partial charge in [-0.05, 0) is 54.2 Å². The van der Waals surface area contributed by atoms with Gasteiger partial charge >= 0.3 is 10.1 Å². The lowest BCUT2D eigenvalue weighted by atomic mass is 10.2. The fourth-order valence-electron chi connectivity index (χ4n) is 1.59. The van der Waals surface area contributed by atoms with Crippen molar-refractivity contribution in [2.24, 2.45) is 5.10 Å². The molecule has 0 aliphatic rings. The maximum absolute atomic E-state index is 12.1. The second kappa shape index (κ2) is 7.70. The number of nitrogens with zero attached hydrogens (tertiary/aromatic N) is 1. The van der Waals surface area contributed by atoms with E-state index >= 15 is 0 Å². The molecule has 0 fully saturated rings. The Hall–Kier alpha value is -2.45. The van der Waals surface area contributed by atoms with Crippen LogP contribution in [0.25, 0.3) is 0 Å². The number of benzene rings is 2. The molecule has 23 heavy (non-hydrogen) atoms. The summed E-state index contributed by atoms with van der Waals surface area (Å²) < 4.78 is 29.3. The lowest BCUT2D eigenvalue weighted by Crippen LogP contribution is -2.28. The van der Waals surface area contributed by atoms with Crippen LogP contribution in [0.1, 0.15) is 5.56 Å². The van der Waals surface area contributed by atoms with Gasteiger partial charge in [0.2, 0.25) is 0 Å². The summed E-state index contributed by atoms with van der Waals surface area (Å²) in [5.41, 5.74) is 3.38. The van der Waals surface area contributed by atoms with Gasteiger partial charge in [0.1, 0.15) is 10.6 Å². The molecule has 2 rings (SSSR count). The van der Waals surface area contributed by atoms with Gasteiger partial charge in [-0.3, -0.25) is 5.43 Å². The van der Waals surface area contributed by atoms with Gasteiger partial charge in [-0.25, -0.2) is 0 Å². The van der Waals surface area contributed by atoms with Crippen molar-refractivity contribution in [2.75, 3.05) is 7.05 Å². The standard InChI is InChI=1S/C15H15N3O3S2/c1-16-15(22)18-17-11-12-7-9-13(10-8-12)21-23(19,20)14-5-3-2-4-6-14/h2-11H,1H3,(H2,16,18,22). The van der Waals surface area contributed by atoms with Crippen LogP contribution in [0.15, 0.2) is 64.6 Å². The number of hydrazone groups is 1. The molecule has 0 saturated heterocycles. The Labute approximate surface area is 140 Å². The molecule has 0 unspecified atom stereocenters. The van der Waals surface area contributed by atoms with Gasteiger partial charge in [0.05, 0.1) is 6.21 Å². The lowest BCUT2D eigenvalue weighted by molar-refractivity contribution is 0.486. The molecule has 0 aliphatic heterocycles. The van der Waals surface area contributed by atoms with Crippen molar-refractivity contribution in [1.82, 2.24) is 10.7 Å². The SMILES string of the molecule is CNC(=S)NN=Cc1ccc(OS(=O)(=O)c2ccccc2)cc1. The molecule has 0 spiro atoms. The van der Waals surface area contributed by atoms with Gasteiger partial charge in [0.25, 0.3) is 0 Å². The molecule has 0 atom stereocenters. The number of rotatable bonds is 5. The van der Waals surface area contributed by atoms with Gasteiger partial charge in [0, 0.05) is 7.05 Å². The summed E-state index contributed by atoms with van der Waals surface area (Å²) >= 11 is 4.87. The quantitative estimate of drug-likeness (QED) is 0.371. The summed E-state index contributed by atoms with van der Waals surface area (Å²) in [6.45, 7) is 0. The highest BCUT2D eigenvalue weighted by atomic mass is 32.2. The Balaban J connectivity index is 2.04. The number of hydrogen-bond donors (Lipinski definition) is 2. The molecule has 0 amide bonds. The zero-order chi connectivity index (χ0) is 16.7. The summed E-state index contributed by atoms with van der Waals surface area (Å²) in [7, 11) is -2.14. The molecule has 0 aliphatic carbocycles. The topological polar surface area (TPSA) is 79.8 Å². The van der Waals surface area contributed by atoms with Gasteiger partial charge in [-0.1, -0.05) is 18.2 Å². The van der Waals surface area contributed by atoms with Crippen molar-refractivity contribution in [3.05, 3.63) is 60.2 Å². The fourth-order valence-corrected chi connectivity index (χ4v) is 2.60. The average molecular weight is 349 g/mol. The van der Waals surface area contributed by atoms with Crippen LogP contribution >= 0.6 is 12.2 Å². The van der Waals surface area contributed by atoms with Gasteiger partial charge in [0.15, 0.2) is 5.11 Å². The Morgan fingerprint density at radius 3 is 2.39 bits per heavy atom. The first-order chi connectivity index (χ1) is 11.0. The van der Waals surface area contributed by atoms with E-state index < -0.39 is 10.1 Å². The molecule has 2 aromatic rings. The van der Waals surface area contributed by atoms with Crippen LogP contribution < -0.4 is 14.9 Å². The number of nitrogens with one attached hydrogen (secondary N) is 2. The Kier molecular flexibility index (Phi) is 5.67. The van der Waals surface area contributed by atoms with E-state index in [1.54, 1.807) is 55.7 Å². The summed E-state index contributed by atoms with van der Waals surface area (Å²) in [5.74, 6) is 0.227. The summed E-state index contributed by atoms with van der Waals surface area (Å²) in [5, 5.41) is 7.05. The highest BCUT2D eigenvalue weighted by molar-refractivity contribution is 7.87. The highest BCUT2D eigenvalue weighted by Gasteiger charge is 2.15. The van der Waals surface area contributed by atoms with Crippen molar-refractivity contribution in [1.29, 1.82) is 0 Å². The molecule has 0 saturated carbocycles. The first-order valence-corrected chi connectivity index (χ1v) is 8.43. The van der Waals surface area contributed by atoms with Crippen molar-refractivity contribution in [3.63, 3.8) is 0 Å². The molecule has 0 radical (unpaired) electrons. The van der Waals surface area contributed by atoms with Crippen LogP contribution in [0.2, 0.25) is 0 Å². The predicted octanol–water partition coefficient (Wildman–Crippen LogP) is 1.88. The third-order valence-corrected chi connectivity index (χ3v) is 4.28. The lowest BCUT2D eigenvalue weighted by Gasteiger charge is -2.07. The average Bonchev–Trinajstić information content (AvgIpc) is 2.57. The molecular formula is C15H15N3O3S2. The third kappa shape index (κ3) is 5.04. The zero-order valence-electron chi connectivity index (χ0n) is 12.3. The van der Waals surface area contributed by atoms with E-state index in [0.717, 1.165) is 5.56 Å². The van der Waals surface area contributed by atoms with Crippen molar-refractivity contribution in [2.45, 2.75) is 4.90 Å². The van der Waals surface area contributed by atoms with E-state index in [2.05, 4.69) is 15.8 Å². The molecule has 120 valence electrons. The van der Waals surface area contributed by atoms with E-state index in [1.165, 1.54) is 12.1 Å². The van der Waals surface area contributed by atoms with Crippen molar-refractivity contribution in [3.8, 4) is 5.75 Å². The van der Waals surface area contributed by atoms with Crippen LogP contribution in [-0.4, -0.2) is 26.8 Å². The minimum absolute atomic E-state index is 0.107. The van der Waals surface area contributed by atoms with Gasteiger partial charge in [-0.15, -0.1) is 0 Å². The minimum Gasteiger partial charge on any atom is -0.379 e. The second-order valence-corrected chi connectivity index (χ2v) is 6.32. The van der Waals surface area contributed by atoms with Crippen LogP contribution in [0.4, 0.5) is 0 Å². The molecule has 8 heteroatoms. The Morgan fingerprint density at radius 1 is 1.13 bits per heavy atom. The van der Waals surface area contributed by atoms with E-state index in [1.807, 2.05) is 0 Å². The van der Waals surface area contributed by atoms with Gasteiger partial charge in [-0.2, -0.15) is 13.5 Å². The molecule has 6 nitrogen and oxygen atoms in total. The van der Waals surface area contributed by atoms with E-state index in [9.17, 15) is 8.42 Å². The van der Waals surface area contributed by atoms with Crippen LogP contribution in [-0.2, 0) is 10.1 Å². The van der Waals surface area contributed by atoms with Crippen molar-refractivity contribution >= 4 is 33.7 Å². The summed E-state index contributed by atoms with van der Waals surface area (Å²) in [4.78, 5) is 0.107. The van der Waals surface area contributed by atoms with E-state index in [-0.39, 0.29) is 10.6 Å². The minimum atomic E-state index is -3.83. The monoisotopic (exact) mass is 349 g/mol. The molecule has 0 aromatic heterocycles. The first kappa shape index (κ1) is 16.9. The molecule has 2 N–H and O–H groups in total. The Bertz CT molecular complexity index is 788. The predicted molar refractivity (Wildman–Crippen MR) is 93.1 cm³/mol. The number of hydrogen-bond acceptors (Lipinski definition) is 5. The van der Waals surface area contributed by atoms with E-state index in [0.29, 0.717) is 5.11 Å². The summed E-state index contributed by atoms with van der Waals surface area (Å²) in [6.07, 6.45) is 1.55. The fraction of sp³-hybridized carbons (Fsp3) is 0.0667. The molecule has 0 heterocycles. The molecular weight excluding hydrogens is 334 g/mol. The maximum Gasteiger partial charge on any atom is 0.339 e. The van der Waals surface area contributed by atoms with E-state index in [4.69, 9.17) is 16.4 Å². The first-order valence-electron chi connectivity index (χ1n) is 6.61. The summed E-state index contributed by atoms with van der Waals surface area (Å²) in [6, 6.07) is 14.4. The third-order valence-electron chi connectivity index (χ3n) is 2.72. The smallest absolute Gasteiger partial charge is 0.339 e. The molecule has 0 bridgehead atoms. The van der Waals surface area contributed by atoms with Crippen LogP contribution in [0, 0.1) is 0 Å². The Morgan fingerprint density at radius 2 is 1.78 bits per heavy atom. The second-order valence-electron chi connectivity index (χ2n) is 4.37. The molecule has 2 aromatic carbocycles. The maximum atomic E-state index is 12.1. The van der Waals surface area contributed by atoms with Crippen LogP contribution in [0.5, 0.6) is 5.75 Å². The highest BCUT2D eigenvalue weighted by Crippen LogP contribution is 2.18. The normalized spacial score (nSPS) is 11.2. The van der Waals surface area contributed by atoms with Crippen molar-refractivity contribution < 1.29 is 12.6 Å². The number of thiocarbonyl (C=S) groups is 1. The largest absolute Gasteiger partial charge is 0.379 e. The zero-order valence-corrected chi connectivity index (χ0v) is 13.9. The van der Waals surface area contributed by atoms with Crippen LogP contribution in [0.3, 0.4) is 0 Å². The van der Waals surface area contributed by atoms with Gasteiger partial charge < -0.3 is 9.50 Å².